The van der Waals surface area contributed by atoms with Crippen LogP contribution in [0.15, 0.2) is 23.4 Å². The molecule has 0 aromatic carbocycles. The van der Waals surface area contributed by atoms with Gasteiger partial charge in [-0.2, -0.15) is 0 Å². The van der Waals surface area contributed by atoms with Gasteiger partial charge in [0.1, 0.15) is 0 Å². The number of thioether (sulfide) groups is 1. The molecule has 1 amide bonds. The number of hydrogen-bond donors (Lipinski definition) is 0. The van der Waals surface area contributed by atoms with Crippen LogP contribution in [0.25, 0.3) is 0 Å². The van der Waals surface area contributed by atoms with Crippen LogP contribution in [0.4, 0.5) is 0 Å². The Labute approximate surface area is 180 Å². The number of pyridine rings is 1. The molecule has 4 rings (SSSR count). The second-order valence-electron chi connectivity index (χ2n) is 8.76. The standard InChI is InChI=1S/C23H36N4OS/c28-23(27-15-13-26(14-16-27)21-7-3-1-4-8-21)20-9-10-22(24-19-20)29-18-17-25-11-5-2-6-12-25/h9-10,19,21H,1-8,11-18H2. The zero-order valence-electron chi connectivity index (χ0n) is 17.7. The summed E-state index contributed by atoms with van der Waals surface area (Å²) in [6.45, 7) is 7.37. The quantitative estimate of drug-likeness (QED) is 0.661. The predicted molar refractivity (Wildman–Crippen MR) is 120 cm³/mol. The Morgan fingerprint density at radius 3 is 2.34 bits per heavy atom. The largest absolute Gasteiger partial charge is 0.336 e. The Morgan fingerprint density at radius 1 is 0.931 bits per heavy atom. The third kappa shape index (κ3) is 5.96. The van der Waals surface area contributed by atoms with Crippen molar-refractivity contribution in [2.45, 2.75) is 62.4 Å². The van der Waals surface area contributed by atoms with Gasteiger partial charge in [0.2, 0.25) is 0 Å². The third-order valence-corrected chi connectivity index (χ3v) is 7.71. The van der Waals surface area contributed by atoms with E-state index < -0.39 is 0 Å². The van der Waals surface area contributed by atoms with Crippen molar-refractivity contribution in [1.82, 2.24) is 19.7 Å². The molecule has 1 aliphatic carbocycles. The van der Waals surface area contributed by atoms with Gasteiger partial charge in [-0.15, -0.1) is 11.8 Å². The lowest BCUT2D eigenvalue weighted by atomic mass is 9.94. The number of hydrogen-bond acceptors (Lipinski definition) is 5. The van der Waals surface area contributed by atoms with E-state index in [2.05, 4.69) is 14.8 Å². The van der Waals surface area contributed by atoms with Crippen LogP contribution in [-0.4, -0.2) is 83.2 Å². The minimum atomic E-state index is 0.144. The lowest BCUT2D eigenvalue weighted by Gasteiger charge is -2.40. The van der Waals surface area contributed by atoms with Crippen LogP contribution in [0.3, 0.4) is 0 Å². The molecule has 0 bridgehead atoms. The summed E-state index contributed by atoms with van der Waals surface area (Å²) in [6, 6.07) is 4.74. The van der Waals surface area contributed by atoms with Gasteiger partial charge in [-0.1, -0.05) is 25.7 Å². The number of nitrogens with zero attached hydrogens (tertiary/aromatic N) is 4. The number of aromatic nitrogens is 1. The maximum atomic E-state index is 12.9. The Bertz CT molecular complexity index is 633. The molecule has 2 aliphatic heterocycles. The smallest absolute Gasteiger partial charge is 0.255 e. The van der Waals surface area contributed by atoms with Crippen molar-refractivity contribution >= 4 is 17.7 Å². The van der Waals surface area contributed by atoms with Crippen molar-refractivity contribution in [2.24, 2.45) is 0 Å². The van der Waals surface area contributed by atoms with Gasteiger partial charge in [0, 0.05) is 50.7 Å². The first-order chi connectivity index (χ1) is 14.3. The molecule has 0 N–H and O–H groups in total. The van der Waals surface area contributed by atoms with Gasteiger partial charge in [0.25, 0.3) is 5.91 Å². The van der Waals surface area contributed by atoms with Crippen LogP contribution in [-0.2, 0) is 0 Å². The first-order valence-corrected chi connectivity index (χ1v) is 12.6. The molecule has 3 aliphatic rings. The van der Waals surface area contributed by atoms with Crippen molar-refractivity contribution in [2.75, 3.05) is 51.6 Å². The lowest BCUT2D eigenvalue weighted by molar-refractivity contribution is 0.0523. The molecule has 1 aromatic heterocycles. The SMILES string of the molecule is O=C(c1ccc(SCCN2CCCCC2)nc1)N1CCN(C2CCCCC2)CC1. The number of piperidine rings is 1. The molecular formula is C23H36N4OS. The molecule has 3 heterocycles. The van der Waals surface area contributed by atoms with Crippen LogP contribution in [0.1, 0.15) is 61.7 Å². The van der Waals surface area contributed by atoms with Crippen molar-refractivity contribution in [1.29, 1.82) is 0 Å². The molecular weight excluding hydrogens is 380 g/mol. The fourth-order valence-electron chi connectivity index (χ4n) is 4.97. The van der Waals surface area contributed by atoms with E-state index in [-0.39, 0.29) is 5.91 Å². The molecule has 29 heavy (non-hydrogen) atoms. The zero-order valence-corrected chi connectivity index (χ0v) is 18.5. The average Bonchev–Trinajstić information content (AvgIpc) is 2.80. The molecule has 3 fully saturated rings. The summed E-state index contributed by atoms with van der Waals surface area (Å²) in [5.41, 5.74) is 0.733. The molecule has 0 spiro atoms. The number of carbonyl (C=O) groups excluding carboxylic acids is 1. The summed E-state index contributed by atoms with van der Waals surface area (Å²) in [5, 5.41) is 1.03. The molecule has 0 unspecified atom stereocenters. The topological polar surface area (TPSA) is 39.7 Å². The normalized spacial score (nSPS) is 22.7. The number of piperazine rings is 1. The molecule has 0 atom stereocenters. The van der Waals surface area contributed by atoms with Crippen LogP contribution >= 0.6 is 11.8 Å². The number of amides is 1. The average molecular weight is 417 g/mol. The highest BCUT2D eigenvalue weighted by Gasteiger charge is 2.27. The fraction of sp³-hybridized carbons (Fsp3) is 0.739. The van der Waals surface area contributed by atoms with Gasteiger partial charge in [-0.05, 0) is 50.9 Å². The molecule has 1 aromatic rings. The van der Waals surface area contributed by atoms with Crippen molar-refractivity contribution in [3.8, 4) is 0 Å². The summed E-state index contributed by atoms with van der Waals surface area (Å²) < 4.78 is 0. The van der Waals surface area contributed by atoms with Crippen molar-refractivity contribution in [3.05, 3.63) is 23.9 Å². The van der Waals surface area contributed by atoms with E-state index in [1.807, 2.05) is 17.0 Å². The minimum Gasteiger partial charge on any atom is -0.336 e. The number of rotatable bonds is 6. The van der Waals surface area contributed by atoms with Gasteiger partial charge < -0.3 is 9.80 Å². The van der Waals surface area contributed by atoms with Crippen LogP contribution in [0, 0.1) is 0 Å². The van der Waals surface area contributed by atoms with E-state index in [0.717, 1.165) is 55.1 Å². The summed E-state index contributed by atoms with van der Waals surface area (Å²) in [4.78, 5) is 24.6. The summed E-state index contributed by atoms with van der Waals surface area (Å²) in [7, 11) is 0. The monoisotopic (exact) mass is 416 g/mol. The highest BCUT2D eigenvalue weighted by molar-refractivity contribution is 7.99. The molecule has 6 heteroatoms. The Hall–Kier alpha value is -1.11. The number of likely N-dealkylation sites (tertiary alicyclic amines) is 1. The van der Waals surface area contributed by atoms with Gasteiger partial charge in [-0.3, -0.25) is 9.69 Å². The van der Waals surface area contributed by atoms with E-state index in [9.17, 15) is 4.79 Å². The predicted octanol–water partition coefficient (Wildman–Crippen LogP) is 3.75. The third-order valence-electron chi connectivity index (χ3n) is 6.78. The molecule has 5 nitrogen and oxygen atoms in total. The number of carbonyl (C=O) groups is 1. The Balaban J connectivity index is 1.21. The summed E-state index contributed by atoms with van der Waals surface area (Å²) >= 11 is 1.80. The maximum Gasteiger partial charge on any atom is 0.255 e. The van der Waals surface area contributed by atoms with Gasteiger partial charge in [0.15, 0.2) is 0 Å². The zero-order chi connectivity index (χ0) is 19.9. The summed E-state index contributed by atoms with van der Waals surface area (Å²) in [5.74, 6) is 1.22. The van der Waals surface area contributed by atoms with E-state index >= 15 is 0 Å². The van der Waals surface area contributed by atoms with E-state index in [0.29, 0.717) is 0 Å². The Morgan fingerprint density at radius 2 is 1.66 bits per heavy atom. The van der Waals surface area contributed by atoms with Gasteiger partial charge >= 0.3 is 0 Å². The Kier molecular flexibility index (Phi) is 7.86. The molecule has 1 saturated carbocycles. The lowest BCUT2D eigenvalue weighted by Crippen LogP contribution is -2.52. The highest BCUT2D eigenvalue weighted by Crippen LogP contribution is 2.24. The first-order valence-electron chi connectivity index (χ1n) is 11.6. The maximum absolute atomic E-state index is 12.9. The van der Waals surface area contributed by atoms with Crippen molar-refractivity contribution < 1.29 is 4.79 Å². The van der Waals surface area contributed by atoms with E-state index in [1.54, 1.807) is 18.0 Å². The van der Waals surface area contributed by atoms with E-state index in [4.69, 9.17) is 0 Å². The highest BCUT2D eigenvalue weighted by atomic mass is 32.2. The van der Waals surface area contributed by atoms with Gasteiger partial charge in [0.05, 0.1) is 10.6 Å². The van der Waals surface area contributed by atoms with Gasteiger partial charge in [-0.25, -0.2) is 4.98 Å². The molecule has 160 valence electrons. The van der Waals surface area contributed by atoms with Crippen LogP contribution < -0.4 is 0 Å². The van der Waals surface area contributed by atoms with Crippen LogP contribution in [0.2, 0.25) is 0 Å². The molecule has 0 radical (unpaired) electrons. The first kappa shape index (κ1) is 21.1. The fourth-order valence-corrected chi connectivity index (χ4v) is 5.82. The van der Waals surface area contributed by atoms with E-state index in [1.165, 1.54) is 64.5 Å². The van der Waals surface area contributed by atoms with Crippen LogP contribution in [0.5, 0.6) is 0 Å². The minimum absolute atomic E-state index is 0.144. The second kappa shape index (κ2) is 10.8. The second-order valence-corrected chi connectivity index (χ2v) is 9.87. The molecule has 2 saturated heterocycles. The van der Waals surface area contributed by atoms with Crippen molar-refractivity contribution in [3.63, 3.8) is 0 Å². The summed E-state index contributed by atoms with van der Waals surface area (Å²) in [6.07, 6.45) is 12.7.